The number of hydrogen-bond donors (Lipinski definition) is 1. The summed E-state index contributed by atoms with van der Waals surface area (Å²) < 4.78 is 56.5. The van der Waals surface area contributed by atoms with Crippen LogP contribution in [0, 0.1) is 18.6 Å². The van der Waals surface area contributed by atoms with E-state index in [0.29, 0.717) is 20.6 Å². The van der Waals surface area contributed by atoms with Crippen molar-refractivity contribution in [3.8, 4) is 0 Å². The minimum atomic E-state index is -4.35. The summed E-state index contributed by atoms with van der Waals surface area (Å²) in [5.41, 5.74) is 0.0917. The Morgan fingerprint density at radius 1 is 1.22 bits per heavy atom. The van der Waals surface area contributed by atoms with Gasteiger partial charge in [-0.2, -0.15) is 0 Å². The maximum atomic E-state index is 14.7. The number of aromatic nitrogens is 1. The largest absolute Gasteiger partial charge is 0.481 e. The van der Waals surface area contributed by atoms with E-state index in [1.54, 1.807) is 6.92 Å². The van der Waals surface area contributed by atoms with Crippen molar-refractivity contribution in [2.45, 2.75) is 37.6 Å². The number of anilines is 1. The third-order valence-electron chi connectivity index (χ3n) is 4.70. The molecular weight excluding hydrogens is 482 g/mol. The Balaban J connectivity index is 2.13. The number of sulfonamides is 1. The topological polar surface area (TPSA) is 87.6 Å². The van der Waals surface area contributed by atoms with E-state index in [-0.39, 0.29) is 17.7 Å². The van der Waals surface area contributed by atoms with Crippen molar-refractivity contribution in [1.29, 1.82) is 0 Å². The molecule has 0 aliphatic carbocycles. The number of carbonyl (C=O) groups is 1. The van der Waals surface area contributed by atoms with E-state index in [4.69, 9.17) is 16.7 Å². The summed E-state index contributed by atoms with van der Waals surface area (Å²) in [7, 11) is -4.35. The van der Waals surface area contributed by atoms with Crippen LogP contribution in [-0.4, -0.2) is 24.5 Å². The third kappa shape index (κ3) is 5.08. The molecule has 0 amide bonds. The van der Waals surface area contributed by atoms with E-state index in [0.717, 1.165) is 33.8 Å². The second kappa shape index (κ2) is 9.51. The number of benzene rings is 2. The molecule has 0 spiro atoms. The molecule has 1 heterocycles. The van der Waals surface area contributed by atoms with Gasteiger partial charge in [-0.3, -0.25) is 9.10 Å². The molecule has 1 atom stereocenters. The Morgan fingerprint density at radius 3 is 2.50 bits per heavy atom. The fraction of sp³-hybridized carbons (Fsp3) is 0.238. The van der Waals surface area contributed by atoms with E-state index in [2.05, 4.69) is 4.98 Å². The van der Waals surface area contributed by atoms with E-state index < -0.39 is 39.4 Å². The molecule has 0 saturated heterocycles. The van der Waals surface area contributed by atoms with Crippen molar-refractivity contribution in [2.75, 3.05) is 4.31 Å². The van der Waals surface area contributed by atoms with Gasteiger partial charge in [0, 0.05) is 16.0 Å². The van der Waals surface area contributed by atoms with Gasteiger partial charge in [-0.15, -0.1) is 11.3 Å². The van der Waals surface area contributed by atoms with Gasteiger partial charge in [0.15, 0.2) is 0 Å². The Hall–Kier alpha value is -2.56. The van der Waals surface area contributed by atoms with Gasteiger partial charge >= 0.3 is 5.97 Å². The smallest absolute Gasteiger partial charge is 0.303 e. The molecule has 0 fully saturated rings. The molecule has 11 heteroatoms. The lowest BCUT2D eigenvalue weighted by atomic mass is 10.2. The lowest BCUT2D eigenvalue weighted by molar-refractivity contribution is -0.136. The van der Waals surface area contributed by atoms with Crippen LogP contribution in [0.15, 0.2) is 47.4 Å². The van der Waals surface area contributed by atoms with Crippen molar-refractivity contribution >= 4 is 44.6 Å². The summed E-state index contributed by atoms with van der Waals surface area (Å²) in [6.07, 6.45) is 0.117. The monoisotopic (exact) mass is 500 g/mol. The first-order chi connectivity index (χ1) is 15.0. The predicted octanol–water partition coefficient (Wildman–Crippen LogP) is 5.36. The Kier molecular flexibility index (Phi) is 7.16. The second-order valence-electron chi connectivity index (χ2n) is 6.98. The standard InChI is InChI=1S/C21H19ClF2N2O4S2/c1-12-19(9-10-20(27)28)31-21(25-12)13(2)26(18-11-15(23)5-8-17(18)24)32(29,30)16-6-3-14(22)4-7-16/h3-8,11,13H,9-10H2,1-2H3,(H,27,28). The van der Waals surface area contributed by atoms with Gasteiger partial charge in [-0.1, -0.05) is 11.6 Å². The number of rotatable bonds is 8. The van der Waals surface area contributed by atoms with Crippen LogP contribution in [0.4, 0.5) is 14.5 Å². The predicted molar refractivity (Wildman–Crippen MR) is 119 cm³/mol. The lowest BCUT2D eigenvalue weighted by Gasteiger charge is -2.29. The van der Waals surface area contributed by atoms with Crippen LogP contribution in [0.3, 0.4) is 0 Å². The first-order valence-electron chi connectivity index (χ1n) is 9.43. The van der Waals surface area contributed by atoms with Gasteiger partial charge in [0.2, 0.25) is 0 Å². The van der Waals surface area contributed by atoms with Gasteiger partial charge in [-0.05, 0) is 56.7 Å². The van der Waals surface area contributed by atoms with Crippen LogP contribution in [0.2, 0.25) is 5.02 Å². The molecular formula is C21H19ClF2N2O4S2. The first kappa shape index (κ1) is 24.1. The summed E-state index contributed by atoms with van der Waals surface area (Å²) in [5.74, 6) is -2.70. The van der Waals surface area contributed by atoms with Crippen LogP contribution in [0.5, 0.6) is 0 Å². The van der Waals surface area contributed by atoms with Crippen LogP contribution >= 0.6 is 22.9 Å². The summed E-state index contributed by atoms with van der Waals surface area (Å²) in [6.45, 7) is 3.20. The third-order valence-corrected chi connectivity index (χ3v) is 8.24. The van der Waals surface area contributed by atoms with E-state index in [1.165, 1.54) is 31.2 Å². The van der Waals surface area contributed by atoms with Gasteiger partial charge in [0.05, 0.1) is 28.7 Å². The number of halogens is 3. The Bertz CT molecular complexity index is 1250. The molecule has 0 aliphatic rings. The summed E-state index contributed by atoms with van der Waals surface area (Å²) >= 11 is 7.01. The number of hydrogen-bond acceptors (Lipinski definition) is 5. The highest BCUT2D eigenvalue weighted by atomic mass is 35.5. The number of aryl methyl sites for hydroxylation is 2. The molecule has 0 saturated carbocycles. The fourth-order valence-corrected chi connectivity index (χ4v) is 6.03. The molecule has 32 heavy (non-hydrogen) atoms. The fourth-order valence-electron chi connectivity index (χ4n) is 3.10. The number of thiazole rings is 1. The van der Waals surface area contributed by atoms with Crippen LogP contribution in [0.1, 0.15) is 35.0 Å². The molecule has 3 aromatic rings. The maximum absolute atomic E-state index is 14.7. The van der Waals surface area contributed by atoms with Crippen LogP contribution < -0.4 is 4.31 Å². The Labute approximate surface area is 193 Å². The number of aliphatic carboxylic acids is 1. The van der Waals surface area contributed by atoms with Gasteiger partial charge in [0.1, 0.15) is 16.6 Å². The number of carboxylic acid groups (broad SMARTS) is 1. The van der Waals surface area contributed by atoms with Gasteiger partial charge < -0.3 is 5.11 Å². The zero-order valence-corrected chi connectivity index (χ0v) is 19.4. The highest BCUT2D eigenvalue weighted by Gasteiger charge is 2.34. The summed E-state index contributed by atoms with van der Waals surface area (Å²) in [4.78, 5) is 15.8. The molecule has 3 rings (SSSR count). The summed E-state index contributed by atoms with van der Waals surface area (Å²) in [6, 6.07) is 6.88. The molecule has 170 valence electrons. The Morgan fingerprint density at radius 2 is 1.88 bits per heavy atom. The molecule has 6 nitrogen and oxygen atoms in total. The molecule has 1 aromatic heterocycles. The van der Waals surface area contributed by atoms with E-state index >= 15 is 0 Å². The quantitative estimate of drug-likeness (QED) is 0.450. The van der Waals surface area contributed by atoms with Gasteiger partial charge in [-0.25, -0.2) is 22.2 Å². The average molecular weight is 501 g/mol. The van der Waals surface area contributed by atoms with Crippen molar-refractivity contribution in [1.82, 2.24) is 4.98 Å². The minimum absolute atomic E-state index is 0.109. The van der Waals surface area contributed by atoms with Gasteiger partial charge in [0.25, 0.3) is 10.0 Å². The van der Waals surface area contributed by atoms with Crippen LogP contribution in [0.25, 0.3) is 0 Å². The molecule has 2 aromatic carbocycles. The van der Waals surface area contributed by atoms with Crippen molar-refractivity contribution in [2.24, 2.45) is 0 Å². The van der Waals surface area contributed by atoms with Crippen molar-refractivity contribution < 1.29 is 27.1 Å². The minimum Gasteiger partial charge on any atom is -0.481 e. The molecule has 0 radical (unpaired) electrons. The van der Waals surface area contributed by atoms with E-state index in [1.807, 2.05) is 0 Å². The SMILES string of the molecule is Cc1nc(C(C)N(c2cc(F)ccc2F)S(=O)(=O)c2ccc(Cl)cc2)sc1CCC(=O)O. The lowest BCUT2D eigenvalue weighted by Crippen LogP contribution is -2.34. The molecule has 1 N–H and O–H groups in total. The summed E-state index contributed by atoms with van der Waals surface area (Å²) in [5, 5.41) is 9.58. The second-order valence-corrected chi connectivity index (χ2v) is 10.3. The highest BCUT2D eigenvalue weighted by Crippen LogP contribution is 2.37. The number of nitrogens with zero attached hydrogens (tertiary/aromatic N) is 2. The molecule has 1 unspecified atom stereocenters. The van der Waals surface area contributed by atoms with Crippen molar-refractivity contribution in [3.05, 3.63) is 74.7 Å². The maximum Gasteiger partial charge on any atom is 0.303 e. The first-order valence-corrected chi connectivity index (χ1v) is 12.1. The van der Waals surface area contributed by atoms with Crippen LogP contribution in [-0.2, 0) is 21.2 Å². The van der Waals surface area contributed by atoms with Crippen molar-refractivity contribution in [3.63, 3.8) is 0 Å². The van der Waals surface area contributed by atoms with E-state index in [9.17, 15) is 22.0 Å². The molecule has 0 aliphatic heterocycles. The highest BCUT2D eigenvalue weighted by molar-refractivity contribution is 7.92. The average Bonchev–Trinajstić information content (AvgIpc) is 3.10. The number of carboxylic acids is 1. The zero-order valence-electron chi connectivity index (χ0n) is 17.0. The zero-order chi connectivity index (χ0) is 23.6. The normalized spacial score (nSPS) is 12.5. The molecule has 0 bridgehead atoms.